The number of nitriles is 1. The molecule has 0 amide bonds. The zero-order valence-electron chi connectivity index (χ0n) is 19.9. The highest BCUT2D eigenvalue weighted by Crippen LogP contribution is 2.33. The summed E-state index contributed by atoms with van der Waals surface area (Å²) < 4.78 is 22.5. The van der Waals surface area contributed by atoms with Crippen molar-refractivity contribution in [1.82, 2.24) is 24.1 Å². The Morgan fingerprint density at radius 1 is 1.17 bits per heavy atom. The van der Waals surface area contributed by atoms with Gasteiger partial charge in [0.25, 0.3) is 5.56 Å². The van der Waals surface area contributed by atoms with Crippen LogP contribution in [0.1, 0.15) is 49.4 Å². The summed E-state index contributed by atoms with van der Waals surface area (Å²) in [6, 6.07) is 8.60. The van der Waals surface area contributed by atoms with E-state index in [0.29, 0.717) is 5.69 Å². The van der Waals surface area contributed by atoms with Gasteiger partial charge in [0.2, 0.25) is 0 Å². The summed E-state index contributed by atoms with van der Waals surface area (Å²) >= 11 is 5.90. The van der Waals surface area contributed by atoms with Crippen molar-refractivity contribution in [3.05, 3.63) is 81.5 Å². The van der Waals surface area contributed by atoms with Gasteiger partial charge in [-0.05, 0) is 63.3 Å². The zero-order valence-corrected chi connectivity index (χ0v) is 20.7. The smallest absolute Gasteiger partial charge is 0.277 e. The number of nitrogens with zero attached hydrogens (tertiary/aromatic N) is 6. The van der Waals surface area contributed by atoms with E-state index >= 15 is 0 Å². The minimum atomic E-state index is -0.610. The van der Waals surface area contributed by atoms with Crippen molar-refractivity contribution in [2.24, 2.45) is 0 Å². The summed E-state index contributed by atoms with van der Waals surface area (Å²) in [4.78, 5) is 20.5. The number of aryl methyl sites for hydroxylation is 1. The summed E-state index contributed by atoms with van der Waals surface area (Å²) in [5.41, 5.74) is 0.674. The molecule has 3 aromatic heterocycles. The largest absolute Gasteiger partial charge is 0.381 e. The molecule has 4 heterocycles. The van der Waals surface area contributed by atoms with Crippen molar-refractivity contribution < 1.29 is 9.13 Å². The number of halogens is 2. The number of ether oxygens (including phenoxy) is 1. The Morgan fingerprint density at radius 3 is 2.50 bits per heavy atom. The molecule has 4 aromatic rings. The lowest BCUT2D eigenvalue weighted by atomic mass is 10.1. The number of rotatable bonds is 2. The average Bonchev–Trinajstić information content (AvgIpc) is 3.62. The lowest BCUT2D eigenvalue weighted by Crippen LogP contribution is -2.17. The summed E-state index contributed by atoms with van der Waals surface area (Å²) in [6.45, 7) is 3.59. The van der Waals surface area contributed by atoms with Gasteiger partial charge >= 0.3 is 0 Å². The Balaban J connectivity index is 0.000000174. The molecule has 1 aliphatic heterocycles. The molecular formula is C26H26ClFN6O2. The summed E-state index contributed by atoms with van der Waals surface area (Å²) in [5.74, 6) is -0.610. The quantitative estimate of drug-likeness (QED) is 0.372. The predicted octanol–water partition coefficient (Wildman–Crippen LogP) is 5.13. The molecule has 1 aromatic carbocycles. The number of benzene rings is 1. The van der Waals surface area contributed by atoms with E-state index in [0.717, 1.165) is 25.3 Å². The number of hydrogen-bond acceptors (Lipinski definition) is 6. The molecule has 1 saturated carbocycles. The Labute approximate surface area is 213 Å². The topological polar surface area (TPSA) is 98.1 Å². The molecule has 6 rings (SSSR count). The third-order valence-electron chi connectivity index (χ3n) is 5.73. The fraction of sp³-hybridized carbons (Fsp3) is 0.346. The number of hydrogen-bond donors (Lipinski definition) is 0. The number of aromatic nitrogens is 5. The zero-order chi connectivity index (χ0) is 25.5. The maximum Gasteiger partial charge on any atom is 0.277 e. The van der Waals surface area contributed by atoms with Crippen LogP contribution in [0.5, 0.6) is 0 Å². The fourth-order valence-corrected chi connectivity index (χ4v) is 3.78. The monoisotopic (exact) mass is 508 g/mol. The maximum atomic E-state index is 14.2. The van der Waals surface area contributed by atoms with Gasteiger partial charge in [-0.3, -0.25) is 18.9 Å². The van der Waals surface area contributed by atoms with E-state index in [1.807, 2.05) is 29.2 Å². The SMILES string of the molecule is C1CCOCC1.Cc1nc2c(-c3ccc(C#N)cc3F)nccn2c(=O)c1Cl.c1cnn(C2CC2)c1. The van der Waals surface area contributed by atoms with Crippen molar-refractivity contribution in [3.8, 4) is 17.3 Å². The van der Waals surface area contributed by atoms with Crippen LogP contribution in [-0.4, -0.2) is 37.4 Å². The van der Waals surface area contributed by atoms with Crippen molar-refractivity contribution in [1.29, 1.82) is 5.26 Å². The van der Waals surface area contributed by atoms with Crippen LogP contribution < -0.4 is 5.56 Å². The molecule has 2 aliphatic rings. The van der Waals surface area contributed by atoms with Crippen molar-refractivity contribution in [2.45, 2.75) is 45.1 Å². The molecule has 0 spiro atoms. The lowest BCUT2D eigenvalue weighted by Gasteiger charge is -2.08. The van der Waals surface area contributed by atoms with Gasteiger partial charge in [0.05, 0.1) is 23.4 Å². The average molecular weight is 509 g/mol. The Kier molecular flexibility index (Phi) is 8.41. The Morgan fingerprint density at radius 2 is 1.94 bits per heavy atom. The summed E-state index contributed by atoms with van der Waals surface area (Å²) in [6.07, 6.45) is 13.2. The first-order chi connectivity index (χ1) is 17.5. The van der Waals surface area contributed by atoms with Crippen LogP contribution in [0.2, 0.25) is 5.02 Å². The van der Waals surface area contributed by atoms with E-state index in [2.05, 4.69) is 15.1 Å². The van der Waals surface area contributed by atoms with E-state index < -0.39 is 11.4 Å². The number of fused-ring (bicyclic) bond motifs is 1. The molecule has 36 heavy (non-hydrogen) atoms. The molecule has 0 N–H and O–H groups in total. The van der Waals surface area contributed by atoms with Crippen molar-refractivity contribution in [2.75, 3.05) is 13.2 Å². The predicted molar refractivity (Wildman–Crippen MR) is 134 cm³/mol. The Bertz CT molecular complexity index is 1410. The highest BCUT2D eigenvalue weighted by Gasteiger charge is 2.23. The van der Waals surface area contributed by atoms with Gasteiger partial charge in [0, 0.05) is 43.6 Å². The summed E-state index contributed by atoms with van der Waals surface area (Å²) in [7, 11) is 0. The first-order valence-corrected chi connectivity index (χ1v) is 12.2. The van der Waals surface area contributed by atoms with Gasteiger partial charge in [-0.25, -0.2) is 9.37 Å². The maximum absolute atomic E-state index is 14.2. The Hall–Kier alpha value is -3.61. The van der Waals surface area contributed by atoms with E-state index in [9.17, 15) is 9.18 Å². The second-order valence-corrected chi connectivity index (χ2v) is 8.86. The molecule has 0 unspecified atom stereocenters. The minimum Gasteiger partial charge on any atom is -0.381 e. The van der Waals surface area contributed by atoms with Gasteiger partial charge in [-0.15, -0.1) is 0 Å². The lowest BCUT2D eigenvalue weighted by molar-refractivity contribution is 0.0968. The van der Waals surface area contributed by atoms with Crippen LogP contribution in [0.15, 0.2) is 53.8 Å². The molecule has 10 heteroatoms. The molecule has 1 saturated heterocycles. The summed E-state index contributed by atoms with van der Waals surface area (Å²) in [5, 5.41) is 12.9. The van der Waals surface area contributed by atoms with Crippen LogP contribution in [0.4, 0.5) is 4.39 Å². The first kappa shape index (κ1) is 25.5. The molecule has 0 atom stereocenters. The first-order valence-electron chi connectivity index (χ1n) is 11.8. The van der Waals surface area contributed by atoms with Crippen LogP contribution in [0.3, 0.4) is 0 Å². The minimum absolute atomic E-state index is 0.00921. The molecular weight excluding hydrogens is 483 g/mol. The van der Waals surface area contributed by atoms with E-state index in [-0.39, 0.29) is 27.5 Å². The van der Waals surface area contributed by atoms with E-state index in [1.165, 1.54) is 61.0 Å². The van der Waals surface area contributed by atoms with Crippen LogP contribution >= 0.6 is 11.6 Å². The van der Waals surface area contributed by atoms with Gasteiger partial charge in [-0.1, -0.05) is 11.6 Å². The third kappa shape index (κ3) is 6.14. The standard InChI is InChI=1S/C15H8ClFN4O.C6H8N2.C5H10O/c1-8-12(16)15(22)21-5-4-19-13(14(21)20-8)10-3-2-9(7-18)6-11(10)17;1-4-7-8(5-1)6-2-3-6;1-2-4-6-5-3-1/h2-6H,1H3;1,4-6H,2-3H2;1-5H2. The highest BCUT2D eigenvalue weighted by atomic mass is 35.5. The van der Waals surface area contributed by atoms with Gasteiger partial charge in [0.1, 0.15) is 16.5 Å². The van der Waals surface area contributed by atoms with Gasteiger partial charge in [-0.2, -0.15) is 10.4 Å². The molecule has 8 nitrogen and oxygen atoms in total. The molecule has 0 bridgehead atoms. The van der Waals surface area contributed by atoms with E-state index in [1.54, 1.807) is 6.92 Å². The van der Waals surface area contributed by atoms with Gasteiger partial charge in [0.15, 0.2) is 5.65 Å². The van der Waals surface area contributed by atoms with Crippen LogP contribution in [0, 0.1) is 24.1 Å². The van der Waals surface area contributed by atoms with Crippen molar-refractivity contribution in [3.63, 3.8) is 0 Å². The van der Waals surface area contributed by atoms with Crippen LogP contribution in [-0.2, 0) is 4.74 Å². The fourth-order valence-electron chi connectivity index (χ4n) is 3.65. The van der Waals surface area contributed by atoms with Crippen LogP contribution in [0.25, 0.3) is 16.9 Å². The molecule has 1 aliphatic carbocycles. The molecule has 2 fully saturated rings. The molecule has 0 radical (unpaired) electrons. The third-order valence-corrected chi connectivity index (χ3v) is 6.17. The van der Waals surface area contributed by atoms with E-state index in [4.69, 9.17) is 21.6 Å². The normalized spacial score (nSPS) is 14.7. The molecule has 186 valence electrons. The second kappa shape index (κ2) is 11.9. The van der Waals surface area contributed by atoms with Crippen molar-refractivity contribution >= 4 is 17.2 Å². The van der Waals surface area contributed by atoms with Gasteiger partial charge < -0.3 is 4.74 Å². The second-order valence-electron chi connectivity index (χ2n) is 8.48. The highest BCUT2D eigenvalue weighted by molar-refractivity contribution is 6.31.